The van der Waals surface area contributed by atoms with Gasteiger partial charge < -0.3 is 15.3 Å². The average Bonchev–Trinajstić information content (AvgIpc) is 2.68. The van der Waals surface area contributed by atoms with Gasteiger partial charge in [0.05, 0.1) is 16.7 Å². The number of phenolic OH excluding ortho intramolecular Hbond substituents is 1. The number of nitrogens with zero attached hydrogens (tertiary/aromatic N) is 3. The number of amides is 1. The Balaban J connectivity index is 1.61. The molecule has 1 heterocycles. The molecule has 27 heavy (non-hydrogen) atoms. The van der Waals surface area contributed by atoms with Crippen LogP contribution in [0.1, 0.15) is 6.92 Å². The molecule has 1 fully saturated rings. The number of aromatic hydroxyl groups is 1. The average molecular weight is 370 g/mol. The van der Waals surface area contributed by atoms with Crippen LogP contribution in [0.3, 0.4) is 0 Å². The molecule has 1 saturated heterocycles. The number of nitrogens with one attached hydrogen (secondary N) is 1. The first-order valence-electron chi connectivity index (χ1n) is 8.78. The van der Waals surface area contributed by atoms with Crippen LogP contribution in [0.15, 0.2) is 48.5 Å². The summed E-state index contributed by atoms with van der Waals surface area (Å²) in [5.41, 5.74) is 0.865. The summed E-state index contributed by atoms with van der Waals surface area (Å²) in [7, 11) is 0. The molecule has 1 aliphatic rings. The number of para-hydroxylation sites is 4. The molecule has 0 spiro atoms. The normalized spacial score (nSPS) is 16.0. The van der Waals surface area contributed by atoms with E-state index in [0.717, 1.165) is 5.69 Å². The van der Waals surface area contributed by atoms with Crippen molar-refractivity contribution in [1.29, 1.82) is 0 Å². The van der Waals surface area contributed by atoms with E-state index in [1.54, 1.807) is 31.2 Å². The molecule has 3 rings (SSSR count). The monoisotopic (exact) mass is 370 g/mol. The molecule has 1 atom stereocenters. The zero-order valence-electron chi connectivity index (χ0n) is 15.0. The van der Waals surface area contributed by atoms with Gasteiger partial charge in [0.25, 0.3) is 5.69 Å². The highest BCUT2D eigenvalue weighted by molar-refractivity contribution is 5.96. The molecule has 2 N–H and O–H groups in total. The van der Waals surface area contributed by atoms with E-state index in [0.29, 0.717) is 26.2 Å². The first kappa shape index (κ1) is 18.7. The summed E-state index contributed by atoms with van der Waals surface area (Å²) >= 11 is 0. The number of carbonyl (C=O) groups is 1. The van der Waals surface area contributed by atoms with Gasteiger partial charge in [-0.3, -0.25) is 19.8 Å². The number of hydrogen-bond acceptors (Lipinski definition) is 6. The second-order valence-corrected chi connectivity index (χ2v) is 6.45. The highest BCUT2D eigenvalue weighted by Gasteiger charge is 2.27. The Labute approximate surface area is 157 Å². The number of rotatable bonds is 5. The zero-order chi connectivity index (χ0) is 19.4. The van der Waals surface area contributed by atoms with E-state index in [-0.39, 0.29) is 23.0 Å². The van der Waals surface area contributed by atoms with Crippen molar-refractivity contribution in [1.82, 2.24) is 4.90 Å². The van der Waals surface area contributed by atoms with Crippen LogP contribution in [0.4, 0.5) is 17.1 Å². The second kappa shape index (κ2) is 8.05. The van der Waals surface area contributed by atoms with E-state index in [4.69, 9.17) is 0 Å². The number of carbonyl (C=O) groups excluding carboxylic acids is 1. The van der Waals surface area contributed by atoms with Gasteiger partial charge in [-0.1, -0.05) is 24.3 Å². The third-order valence-electron chi connectivity index (χ3n) is 4.82. The molecule has 2 aromatic carbocycles. The van der Waals surface area contributed by atoms with Crippen LogP contribution in [0.25, 0.3) is 0 Å². The first-order chi connectivity index (χ1) is 13.0. The molecule has 0 saturated carbocycles. The lowest BCUT2D eigenvalue weighted by Crippen LogP contribution is -2.52. The molecule has 0 bridgehead atoms. The Morgan fingerprint density at radius 1 is 1.11 bits per heavy atom. The predicted molar refractivity (Wildman–Crippen MR) is 103 cm³/mol. The Morgan fingerprint density at radius 3 is 2.41 bits per heavy atom. The molecule has 0 aromatic heterocycles. The van der Waals surface area contributed by atoms with Crippen molar-refractivity contribution in [2.24, 2.45) is 0 Å². The molecule has 0 radical (unpaired) electrons. The van der Waals surface area contributed by atoms with Crippen molar-refractivity contribution < 1.29 is 14.8 Å². The maximum Gasteiger partial charge on any atom is 0.292 e. The Bertz CT molecular complexity index is 834. The van der Waals surface area contributed by atoms with E-state index in [1.165, 1.54) is 12.1 Å². The van der Waals surface area contributed by atoms with Gasteiger partial charge >= 0.3 is 0 Å². The highest BCUT2D eigenvalue weighted by atomic mass is 16.6. The standard InChI is InChI=1S/C19H22N4O4/c1-14(19(25)20-15-6-2-3-7-16(15)23(26)27)21-10-12-22(13-11-21)17-8-4-5-9-18(17)24/h2-9,14,24H,10-13H2,1H3,(H,20,25)/t14-/m1/s1. The largest absolute Gasteiger partial charge is 0.506 e. The number of nitro benzene ring substituents is 1. The van der Waals surface area contributed by atoms with Crippen molar-refractivity contribution in [2.75, 3.05) is 36.4 Å². The lowest BCUT2D eigenvalue weighted by Gasteiger charge is -2.38. The molecule has 8 heteroatoms. The fourth-order valence-corrected chi connectivity index (χ4v) is 3.22. The third kappa shape index (κ3) is 4.17. The number of benzene rings is 2. The lowest BCUT2D eigenvalue weighted by atomic mass is 10.1. The minimum atomic E-state index is -0.509. The molecule has 1 aliphatic heterocycles. The number of hydrogen-bond donors (Lipinski definition) is 2. The molecule has 142 valence electrons. The highest BCUT2D eigenvalue weighted by Crippen LogP contribution is 2.28. The summed E-state index contributed by atoms with van der Waals surface area (Å²) in [6, 6.07) is 12.9. The Morgan fingerprint density at radius 2 is 1.74 bits per heavy atom. The minimum absolute atomic E-state index is 0.123. The van der Waals surface area contributed by atoms with Crippen molar-refractivity contribution in [3.8, 4) is 5.75 Å². The van der Waals surface area contributed by atoms with Crippen LogP contribution in [-0.2, 0) is 4.79 Å². The van der Waals surface area contributed by atoms with Gasteiger partial charge in [0.2, 0.25) is 5.91 Å². The summed E-state index contributed by atoms with van der Waals surface area (Å²) in [6.45, 7) is 4.46. The van der Waals surface area contributed by atoms with Crippen LogP contribution in [0.2, 0.25) is 0 Å². The molecular weight excluding hydrogens is 348 g/mol. The van der Waals surface area contributed by atoms with E-state index < -0.39 is 11.0 Å². The topological polar surface area (TPSA) is 98.9 Å². The number of phenols is 1. The van der Waals surface area contributed by atoms with Crippen LogP contribution in [-0.4, -0.2) is 53.1 Å². The van der Waals surface area contributed by atoms with Crippen LogP contribution in [0.5, 0.6) is 5.75 Å². The van der Waals surface area contributed by atoms with E-state index in [1.807, 2.05) is 17.0 Å². The molecular formula is C19H22N4O4. The molecule has 0 unspecified atom stereocenters. The summed E-state index contributed by atoms with van der Waals surface area (Å²) in [6.07, 6.45) is 0. The third-order valence-corrected chi connectivity index (χ3v) is 4.82. The van der Waals surface area contributed by atoms with Crippen molar-refractivity contribution in [2.45, 2.75) is 13.0 Å². The van der Waals surface area contributed by atoms with Gasteiger partial charge in [0, 0.05) is 32.2 Å². The van der Waals surface area contributed by atoms with E-state index >= 15 is 0 Å². The van der Waals surface area contributed by atoms with Gasteiger partial charge in [0.15, 0.2) is 0 Å². The van der Waals surface area contributed by atoms with Gasteiger partial charge in [0.1, 0.15) is 11.4 Å². The van der Waals surface area contributed by atoms with E-state index in [2.05, 4.69) is 10.2 Å². The van der Waals surface area contributed by atoms with Crippen molar-refractivity contribution in [3.05, 3.63) is 58.6 Å². The number of piperazine rings is 1. The first-order valence-corrected chi connectivity index (χ1v) is 8.78. The van der Waals surface area contributed by atoms with Crippen LogP contribution >= 0.6 is 0 Å². The van der Waals surface area contributed by atoms with Gasteiger partial charge in [-0.05, 0) is 25.1 Å². The summed E-state index contributed by atoms with van der Waals surface area (Å²) in [5, 5.41) is 23.7. The zero-order valence-corrected chi connectivity index (χ0v) is 15.0. The van der Waals surface area contributed by atoms with Gasteiger partial charge in [-0.15, -0.1) is 0 Å². The maximum atomic E-state index is 12.6. The quantitative estimate of drug-likeness (QED) is 0.620. The Kier molecular flexibility index (Phi) is 5.56. The minimum Gasteiger partial charge on any atom is -0.506 e. The smallest absolute Gasteiger partial charge is 0.292 e. The molecule has 2 aromatic rings. The summed E-state index contributed by atoms with van der Waals surface area (Å²) < 4.78 is 0. The Hall–Kier alpha value is -3.13. The summed E-state index contributed by atoms with van der Waals surface area (Å²) in [4.78, 5) is 27.3. The van der Waals surface area contributed by atoms with Crippen LogP contribution in [0, 0.1) is 10.1 Å². The second-order valence-electron chi connectivity index (χ2n) is 6.45. The fraction of sp³-hybridized carbons (Fsp3) is 0.316. The SMILES string of the molecule is C[C@H](C(=O)Nc1ccccc1[N+](=O)[O-])N1CCN(c2ccccc2O)CC1. The molecule has 0 aliphatic carbocycles. The van der Waals surface area contributed by atoms with Crippen molar-refractivity contribution in [3.63, 3.8) is 0 Å². The number of nitro groups is 1. The maximum absolute atomic E-state index is 12.6. The lowest BCUT2D eigenvalue weighted by molar-refractivity contribution is -0.383. The number of anilines is 2. The predicted octanol–water partition coefficient (Wildman–Crippen LogP) is 2.45. The molecule has 8 nitrogen and oxygen atoms in total. The van der Waals surface area contributed by atoms with E-state index in [9.17, 15) is 20.0 Å². The van der Waals surface area contributed by atoms with Gasteiger partial charge in [-0.25, -0.2) is 0 Å². The molecule has 1 amide bonds. The van der Waals surface area contributed by atoms with Crippen LogP contribution < -0.4 is 10.2 Å². The summed E-state index contributed by atoms with van der Waals surface area (Å²) in [5.74, 6) is -0.0339. The van der Waals surface area contributed by atoms with Gasteiger partial charge in [-0.2, -0.15) is 0 Å². The fourth-order valence-electron chi connectivity index (χ4n) is 3.22. The van der Waals surface area contributed by atoms with Crippen molar-refractivity contribution >= 4 is 23.0 Å².